The van der Waals surface area contributed by atoms with E-state index in [4.69, 9.17) is 0 Å². The molecule has 1 saturated carbocycles. The van der Waals surface area contributed by atoms with Crippen LogP contribution in [0.4, 0.5) is 5.69 Å². The number of carbonyl (C=O) groups is 1. The zero-order valence-electron chi connectivity index (χ0n) is 10.9. The Morgan fingerprint density at radius 1 is 1.22 bits per heavy atom. The van der Waals surface area contributed by atoms with Crippen LogP contribution in [0.5, 0.6) is 0 Å². The molecule has 18 heavy (non-hydrogen) atoms. The van der Waals surface area contributed by atoms with E-state index in [9.17, 15) is 4.79 Å². The van der Waals surface area contributed by atoms with E-state index in [0.717, 1.165) is 18.0 Å². The van der Waals surface area contributed by atoms with Gasteiger partial charge in [0, 0.05) is 24.5 Å². The predicted octanol–water partition coefficient (Wildman–Crippen LogP) is 3.77. The fourth-order valence-electron chi connectivity index (χ4n) is 2.69. The smallest absolute Gasteiger partial charge is 0.224 e. The van der Waals surface area contributed by atoms with E-state index in [1.54, 1.807) is 12.4 Å². The summed E-state index contributed by atoms with van der Waals surface area (Å²) in [6.07, 6.45) is 13.2. The molecule has 3 nitrogen and oxygen atoms in total. The summed E-state index contributed by atoms with van der Waals surface area (Å²) < 4.78 is 0. The molecule has 0 atom stereocenters. The van der Waals surface area contributed by atoms with Crippen LogP contribution in [0.1, 0.15) is 51.4 Å². The topological polar surface area (TPSA) is 42.0 Å². The van der Waals surface area contributed by atoms with Crippen LogP contribution in [0.25, 0.3) is 0 Å². The molecule has 1 aliphatic carbocycles. The highest BCUT2D eigenvalue weighted by atomic mass is 16.1. The Kier molecular flexibility index (Phi) is 5.18. The summed E-state index contributed by atoms with van der Waals surface area (Å²) in [5.41, 5.74) is 0.840. The van der Waals surface area contributed by atoms with Gasteiger partial charge >= 0.3 is 0 Å². The molecule has 2 rings (SSSR count). The van der Waals surface area contributed by atoms with Gasteiger partial charge < -0.3 is 5.32 Å². The first-order valence-corrected chi connectivity index (χ1v) is 7.04. The number of nitrogens with zero attached hydrogens (tertiary/aromatic N) is 1. The van der Waals surface area contributed by atoms with Crippen LogP contribution in [-0.2, 0) is 4.79 Å². The van der Waals surface area contributed by atoms with Crippen molar-refractivity contribution in [3.63, 3.8) is 0 Å². The minimum Gasteiger partial charge on any atom is -0.326 e. The van der Waals surface area contributed by atoms with Gasteiger partial charge in [-0.3, -0.25) is 9.78 Å². The number of carbonyl (C=O) groups excluding carboxylic acids is 1. The molecule has 1 amide bonds. The van der Waals surface area contributed by atoms with E-state index < -0.39 is 0 Å². The summed E-state index contributed by atoms with van der Waals surface area (Å²) >= 11 is 0. The van der Waals surface area contributed by atoms with Crippen LogP contribution >= 0.6 is 0 Å². The van der Waals surface area contributed by atoms with E-state index in [1.165, 1.54) is 38.5 Å². The van der Waals surface area contributed by atoms with E-state index in [1.807, 2.05) is 12.1 Å². The van der Waals surface area contributed by atoms with Crippen molar-refractivity contribution >= 4 is 11.6 Å². The molecule has 1 heterocycles. The quantitative estimate of drug-likeness (QED) is 0.859. The maximum Gasteiger partial charge on any atom is 0.224 e. The fraction of sp³-hybridized carbons (Fsp3) is 0.600. The molecule has 1 aromatic rings. The van der Waals surface area contributed by atoms with Gasteiger partial charge in [0.25, 0.3) is 0 Å². The van der Waals surface area contributed by atoms with E-state index >= 15 is 0 Å². The highest BCUT2D eigenvalue weighted by Gasteiger charge is 2.13. The number of nitrogens with one attached hydrogen (secondary N) is 1. The molecule has 0 radical (unpaired) electrons. The highest BCUT2D eigenvalue weighted by molar-refractivity contribution is 5.90. The zero-order valence-corrected chi connectivity index (χ0v) is 10.9. The third kappa shape index (κ3) is 4.47. The Morgan fingerprint density at radius 2 is 1.94 bits per heavy atom. The maximum absolute atomic E-state index is 11.7. The first-order chi connectivity index (χ1) is 8.84. The van der Waals surface area contributed by atoms with Gasteiger partial charge in [0.2, 0.25) is 5.91 Å². The number of hydrogen-bond donors (Lipinski definition) is 1. The van der Waals surface area contributed by atoms with Crippen LogP contribution in [0.15, 0.2) is 24.5 Å². The number of aromatic nitrogens is 1. The SMILES string of the molecule is O=C(CCCC1CCCCC1)Nc1ccncc1. The fourth-order valence-corrected chi connectivity index (χ4v) is 2.69. The van der Waals surface area contributed by atoms with Crippen LogP contribution in [0, 0.1) is 5.92 Å². The second-order valence-corrected chi connectivity index (χ2v) is 5.18. The van der Waals surface area contributed by atoms with Crippen molar-refractivity contribution in [2.24, 2.45) is 5.92 Å². The molecule has 0 aliphatic heterocycles. The Morgan fingerprint density at radius 3 is 2.67 bits per heavy atom. The zero-order chi connectivity index (χ0) is 12.6. The number of amides is 1. The molecule has 0 spiro atoms. The number of anilines is 1. The Bertz CT molecular complexity index is 358. The second kappa shape index (κ2) is 7.14. The van der Waals surface area contributed by atoms with E-state index in [-0.39, 0.29) is 5.91 Å². The van der Waals surface area contributed by atoms with E-state index in [2.05, 4.69) is 10.3 Å². The van der Waals surface area contributed by atoms with E-state index in [0.29, 0.717) is 6.42 Å². The van der Waals surface area contributed by atoms with Crippen LogP contribution in [-0.4, -0.2) is 10.9 Å². The molecule has 1 aromatic heterocycles. The Labute approximate surface area is 109 Å². The van der Waals surface area contributed by atoms with Crippen LogP contribution in [0.2, 0.25) is 0 Å². The first-order valence-electron chi connectivity index (χ1n) is 7.04. The first kappa shape index (κ1) is 13.1. The van der Waals surface area contributed by atoms with Crippen molar-refractivity contribution < 1.29 is 4.79 Å². The van der Waals surface area contributed by atoms with Crippen LogP contribution in [0.3, 0.4) is 0 Å². The lowest BCUT2D eigenvalue weighted by Crippen LogP contribution is -2.12. The van der Waals surface area contributed by atoms with Gasteiger partial charge in [-0.1, -0.05) is 32.1 Å². The Hall–Kier alpha value is -1.38. The summed E-state index contributed by atoms with van der Waals surface area (Å²) in [4.78, 5) is 15.6. The summed E-state index contributed by atoms with van der Waals surface area (Å²) in [5.74, 6) is 0.990. The molecule has 1 N–H and O–H groups in total. The molecule has 0 saturated heterocycles. The standard InChI is InChI=1S/C15H22N2O/c18-15(17-14-9-11-16-12-10-14)8-4-7-13-5-2-1-3-6-13/h9-13H,1-8H2,(H,16,17,18). The van der Waals surface area contributed by atoms with Crippen molar-refractivity contribution in [1.82, 2.24) is 4.98 Å². The highest BCUT2D eigenvalue weighted by Crippen LogP contribution is 2.27. The molecule has 1 fully saturated rings. The largest absolute Gasteiger partial charge is 0.326 e. The minimum absolute atomic E-state index is 0.122. The molecule has 0 unspecified atom stereocenters. The van der Waals surface area contributed by atoms with Gasteiger partial charge in [-0.15, -0.1) is 0 Å². The predicted molar refractivity (Wildman–Crippen MR) is 73.3 cm³/mol. The second-order valence-electron chi connectivity index (χ2n) is 5.18. The van der Waals surface area contributed by atoms with Gasteiger partial charge in [0.05, 0.1) is 0 Å². The molecular formula is C15H22N2O. The molecular weight excluding hydrogens is 224 g/mol. The minimum atomic E-state index is 0.122. The molecule has 1 aliphatic rings. The summed E-state index contributed by atoms with van der Waals surface area (Å²) in [6.45, 7) is 0. The average Bonchev–Trinajstić information content (AvgIpc) is 2.41. The molecule has 0 bridgehead atoms. The van der Waals surface area contributed by atoms with Crippen LogP contribution < -0.4 is 5.32 Å². The van der Waals surface area contributed by atoms with Gasteiger partial charge in [-0.05, 0) is 30.9 Å². The lowest BCUT2D eigenvalue weighted by molar-refractivity contribution is -0.116. The number of hydrogen-bond acceptors (Lipinski definition) is 2. The Balaban J connectivity index is 1.62. The summed E-state index contributed by atoms with van der Waals surface area (Å²) in [7, 11) is 0. The number of pyridine rings is 1. The van der Waals surface area contributed by atoms with Gasteiger partial charge in [0.15, 0.2) is 0 Å². The van der Waals surface area contributed by atoms with Crippen molar-refractivity contribution in [1.29, 1.82) is 0 Å². The van der Waals surface area contributed by atoms with Gasteiger partial charge in [0.1, 0.15) is 0 Å². The molecule has 98 valence electrons. The average molecular weight is 246 g/mol. The van der Waals surface area contributed by atoms with Crippen molar-refractivity contribution in [3.8, 4) is 0 Å². The monoisotopic (exact) mass is 246 g/mol. The lowest BCUT2D eigenvalue weighted by atomic mass is 9.86. The van der Waals surface area contributed by atoms with Gasteiger partial charge in [-0.2, -0.15) is 0 Å². The van der Waals surface area contributed by atoms with Crippen molar-refractivity contribution in [2.45, 2.75) is 51.4 Å². The summed E-state index contributed by atoms with van der Waals surface area (Å²) in [5, 5.41) is 2.90. The van der Waals surface area contributed by atoms with Gasteiger partial charge in [-0.25, -0.2) is 0 Å². The third-order valence-electron chi connectivity index (χ3n) is 3.71. The third-order valence-corrected chi connectivity index (χ3v) is 3.71. The summed E-state index contributed by atoms with van der Waals surface area (Å²) in [6, 6.07) is 3.64. The van der Waals surface area contributed by atoms with Crippen molar-refractivity contribution in [2.75, 3.05) is 5.32 Å². The maximum atomic E-state index is 11.7. The number of rotatable bonds is 5. The normalized spacial score (nSPS) is 16.4. The lowest BCUT2D eigenvalue weighted by Gasteiger charge is -2.21. The molecule has 3 heteroatoms. The molecule has 0 aromatic carbocycles. The van der Waals surface area contributed by atoms with Crippen molar-refractivity contribution in [3.05, 3.63) is 24.5 Å².